The summed E-state index contributed by atoms with van der Waals surface area (Å²) in [7, 11) is -7.30. The molecule has 32 heavy (non-hydrogen) atoms. The van der Waals surface area contributed by atoms with Crippen molar-refractivity contribution in [2.24, 2.45) is 10.8 Å². The summed E-state index contributed by atoms with van der Waals surface area (Å²) in [4.78, 5) is 0.478. The monoisotopic (exact) mass is 478 g/mol. The first-order chi connectivity index (χ1) is 14.7. The van der Waals surface area contributed by atoms with E-state index in [1.807, 2.05) is 20.8 Å². The Morgan fingerprint density at radius 3 is 1.75 bits per heavy atom. The predicted octanol–water partition coefficient (Wildman–Crippen LogP) is 4.15. The smallest absolute Gasteiger partial charge is 0.211 e. The number of sulfonamides is 2. The minimum Gasteiger partial charge on any atom is -0.211 e. The standard InChI is InChI=1S/C24H34N2O4S2/c1-18-6-10-21(11-7-18)31(27,28)25-17-24(5)15-20(14-23(3,4)16-24)26-32(29,30)22-12-8-19(2)9-13-22/h6-13,20,25-26H,14-17H2,1-5H3/t20-,24-/m0/s1. The van der Waals surface area contributed by atoms with E-state index in [0.717, 1.165) is 17.5 Å². The summed E-state index contributed by atoms with van der Waals surface area (Å²) >= 11 is 0. The van der Waals surface area contributed by atoms with Gasteiger partial charge in [0, 0.05) is 12.6 Å². The molecule has 0 radical (unpaired) electrons. The van der Waals surface area contributed by atoms with Gasteiger partial charge in [0.2, 0.25) is 20.0 Å². The van der Waals surface area contributed by atoms with Gasteiger partial charge in [0.1, 0.15) is 0 Å². The van der Waals surface area contributed by atoms with Crippen molar-refractivity contribution in [1.29, 1.82) is 0 Å². The van der Waals surface area contributed by atoms with Crippen LogP contribution in [-0.4, -0.2) is 29.4 Å². The molecule has 0 aliphatic heterocycles. The third-order valence-electron chi connectivity index (χ3n) is 6.12. The fourth-order valence-electron chi connectivity index (χ4n) is 4.93. The fourth-order valence-corrected chi connectivity index (χ4v) is 7.36. The van der Waals surface area contributed by atoms with E-state index in [1.165, 1.54) is 0 Å². The molecular weight excluding hydrogens is 444 g/mol. The molecule has 2 aromatic carbocycles. The number of benzene rings is 2. The SMILES string of the molecule is Cc1ccc(S(=O)(=O)NC[C@@]2(C)C[C@@H](NS(=O)(=O)c3ccc(C)cc3)CC(C)(C)C2)cc1. The first-order valence-corrected chi connectivity index (χ1v) is 13.8. The van der Waals surface area contributed by atoms with Gasteiger partial charge in [0.25, 0.3) is 0 Å². The minimum absolute atomic E-state index is 0.136. The van der Waals surface area contributed by atoms with Crippen molar-refractivity contribution in [3.05, 3.63) is 59.7 Å². The molecule has 3 rings (SSSR count). The summed E-state index contributed by atoms with van der Waals surface area (Å²) in [5.74, 6) is 0. The van der Waals surface area contributed by atoms with Crippen LogP contribution in [-0.2, 0) is 20.0 Å². The number of hydrogen-bond donors (Lipinski definition) is 2. The van der Waals surface area contributed by atoms with Gasteiger partial charge < -0.3 is 0 Å². The van der Waals surface area contributed by atoms with E-state index in [2.05, 4.69) is 23.3 Å². The first-order valence-electron chi connectivity index (χ1n) is 10.9. The summed E-state index contributed by atoms with van der Waals surface area (Å²) in [6.07, 6.45) is 2.04. The van der Waals surface area contributed by atoms with Crippen molar-refractivity contribution in [3.63, 3.8) is 0 Å². The van der Waals surface area contributed by atoms with E-state index in [1.54, 1.807) is 48.5 Å². The highest BCUT2D eigenvalue weighted by Crippen LogP contribution is 2.46. The Hall–Kier alpha value is -1.74. The molecular formula is C24H34N2O4S2. The minimum atomic E-state index is -3.66. The van der Waals surface area contributed by atoms with Gasteiger partial charge in [0.05, 0.1) is 9.79 Å². The summed E-state index contributed by atoms with van der Waals surface area (Å²) in [6, 6.07) is 13.3. The molecule has 1 aliphatic carbocycles. The molecule has 2 N–H and O–H groups in total. The van der Waals surface area contributed by atoms with Gasteiger partial charge in [-0.1, -0.05) is 56.2 Å². The normalized spacial score (nSPS) is 23.7. The maximum Gasteiger partial charge on any atom is 0.240 e. The second-order valence-electron chi connectivity index (χ2n) is 10.3. The highest BCUT2D eigenvalue weighted by molar-refractivity contribution is 7.89. The molecule has 0 saturated heterocycles. The van der Waals surface area contributed by atoms with Gasteiger partial charge in [-0.25, -0.2) is 26.3 Å². The number of rotatable bonds is 7. The van der Waals surface area contributed by atoms with E-state index in [0.29, 0.717) is 12.8 Å². The molecule has 0 bridgehead atoms. The Morgan fingerprint density at radius 2 is 1.25 bits per heavy atom. The lowest BCUT2D eigenvalue weighted by atomic mass is 9.63. The lowest BCUT2D eigenvalue weighted by Crippen LogP contribution is -2.50. The molecule has 0 amide bonds. The van der Waals surface area contributed by atoms with Gasteiger partial charge in [-0.3, -0.25) is 0 Å². The zero-order chi connectivity index (χ0) is 23.8. The highest BCUT2D eigenvalue weighted by atomic mass is 32.2. The zero-order valence-electron chi connectivity index (χ0n) is 19.5. The molecule has 0 aromatic heterocycles. The average molecular weight is 479 g/mol. The fraction of sp³-hybridized carbons (Fsp3) is 0.500. The number of aryl methyl sites for hydroxylation is 2. The number of nitrogens with one attached hydrogen (secondary N) is 2. The topological polar surface area (TPSA) is 92.3 Å². The third kappa shape index (κ3) is 6.19. The van der Waals surface area contributed by atoms with Crippen LogP contribution < -0.4 is 9.44 Å². The quantitative estimate of drug-likeness (QED) is 0.625. The molecule has 2 atom stereocenters. The van der Waals surface area contributed by atoms with E-state index in [9.17, 15) is 16.8 Å². The average Bonchev–Trinajstić information content (AvgIpc) is 2.65. The van der Waals surface area contributed by atoms with Gasteiger partial charge >= 0.3 is 0 Å². The summed E-state index contributed by atoms with van der Waals surface area (Å²) in [5.41, 5.74) is 1.47. The third-order valence-corrected chi connectivity index (χ3v) is 9.07. The van der Waals surface area contributed by atoms with Crippen LogP contribution in [0.4, 0.5) is 0 Å². The molecule has 176 valence electrons. The maximum atomic E-state index is 12.9. The van der Waals surface area contributed by atoms with Crippen molar-refractivity contribution in [1.82, 2.24) is 9.44 Å². The van der Waals surface area contributed by atoms with Crippen LogP contribution in [0.25, 0.3) is 0 Å². The van der Waals surface area contributed by atoms with Crippen molar-refractivity contribution < 1.29 is 16.8 Å². The van der Waals surface area contributed by atoms with Gasteiger partial charge in [-0.15, -0.1) is 0 Å². The Labute approximate surface area is 192 Å². The summed E-state index contributed by atoms with van der Waals surface area (Å²) in [5, 5.41) is 0. The molecule has 1 aliphatic rings. The largest absolute Gasteiger partial charge is 0.240 e. The van der Waals surface area contributed by atoms with Crippen LogP contribution >= 0.6 is 0 Å². The zero-order valence-corrected chi connectivity index (χ0v) is 21.1. The van der Waals surface area contributed by atoms with E-state index in [4.69, 9.17) is 0 Å². The van der Waals surface area contributed by atoms with Crippen LogP contribution in [0.1, 0.15) is 51.2 Å². The molecule has 8 heteroatoms. The van der Waals surface area contributed by atoms with Crippen molar-refractivity contribution in [3.8, 4) is 0 Å². The van der Waals surface area contributed by atoms with Gasteiger partial charge in [-0.05, 0) is 68.2 Å². The predicted molar refractivity (Wildman–Crippen MR) is 127 cm³/mol. The molecule has 0 spiro atoms. The maximum absolute atomic E-state index is 12.9. The van der Waals surface area contributed by atoms with E-state index >= 15 is 0 Å². The Bertz CT molecular complexity index is 1160. The van der Waals surface area contributed by atoms with E-state index < -0.39 is 20.0 Å². The summed E-state index contributed by atoms with van der Waals surface area (Å²) < 4.78 is 57.1. The highest BCUT2D eigenvalue weighted by Gasteiger charge is 2.43. The molecule has 1 saturated carbocycles. The lowest BCUT2D eigenvalue weighted by molar-refractivity contribution is 0.0821. The van der Waals surface area contributed by atoms with Crippen LogP contribution in [0.3, 0.4) is 0 Å². The van der Waals surface area contributed by atoms with Gasteiger partial charge in [-0.2, -0.15) is 0 Å². The lowest BCUT2D eigenvalue weighted by Gasteiger charge is -2.46. The second kappa shape index (κ2) is 8.89. The van der Waals surface area contributed by atoms with Crippen LogP contribution in [0, 0.1) is 24.7 Å². The first kappa shape index (κ1) is 24.9. The molecule has 1 fully saturated rings. The van der Waals surface area contributed by atoms with Crippen LogP contribution in [0.5, 0.6) is 0 Å². The Balaban J connectivity index is 1.75. The van der Waals surface area contributed by atoms with Crippen LogP contribution in [0.15, 0.2) is 58.3 Å². The van der Waals surface area contributed by atoms with Crippen molar-refractivity contribution >= 4 is 20.0 Å². The Morgan fingerprint density at radius 1 is 0.781 bits per heavy atom. The molecule has 6 nitrogen and oxygen atoms in total. The van der Waals surface area contributed by atoms with E-state index in [-0.39, 0.29) is 33.2 Å². The molecule has 2 aromatic rings. The van der Waals surface area contributed by atoms with Gasteiger partial charge in [0.15, 0.2) is 0 Å². The Kier molecular flexibility index (Phi) is 6.92. The number of hydrogen-bond acceptors (Lipinski definition) is 4. The second-order valence-corrected chi connectivity index (χ2v) is 13.8. The van der Waals surface area contributed by atoms with Crippen molar-refractivity contribution in [2.45, 2.75) is 69.7 Å². The summed E-state index contributed by atoms with van der Waals surface area (Å²) in [6.45, 7) is 10.3. The molecule has 0 heterocycles. The van der Waals surface area contributed by atoms with Crippen LogP contribution in [0.2, 0.25) is 0 Å². The van der Waals surface area contributed by atoms with Crippen molar-refractivity contribution in [2.75, 3.05) is 6.54 Å². The molecule has 0 unspecified atom stereocenters.